The van der Waals surface area contributed by atoms with Crippen molar-refractivity contribution in [1.82, 2.24) is 10.3 Å². The first-order valence-corrected chi connectivity index (χ1v) is 8.72. The molecular formula is C18H24N2OS. The molecule has 1 heterocycles. The zero-order valence-corrected chi connectivity index (χ0v) is 14.4. The Labute approximate surface area is 136 Å². The number of rotatable bonds is 7. The summed E-state index contributed by atoms with van der Waals surface area (Å²) in [5, 5.41) is 4.01. The van der Waals surface area contributed by atoms with E-state index in [0.717, 1.165) is 40.5 Å². The minimum absolute atomic E-state index is 0.0908. The van der Waals surface area contributed by atoms with E-state index >= 15 is 0 Å². The number of benzene rings is 1. The normalized spacial score (nSPS) is 10.7. The number of thiazole rings is 1. The molecule has 0 aliphatic rings. The van der Waals surface area contributed by atoms with E-state index in [0.29, 0.717) is 6.42 Å². The smallest absolute Gasteiger partial charge is 0.225 e. The Kier molecular flexibility index (Phi) is 6.13. The van der Waals surface area contributed by atoms with Gasteiger partial charge in [-0.15, -0.1) is 11.3 Å². The first-order valence-electron chi connectivity index (χ1n) is 7.90. The van der Waals surface area contributed by atoms with E-state index in [2.05, 4.69) is 48.4 Å². The first-order chi connectivity index (χ1) is 10.6. The van der Waals surface area contributed by atoms with Crippen molar-refractivity contribution in [1.29, 1.82) is 0 Å². The van der Waals surface area contributed by atoms with Gasteiger partial charge in [-0.3, -0.25) is 4.79 Å². The monoisotopic (exact) mass is 316 g/mol. The van der Waals surface area contributed by atoms with Gasteiger partial charge < -0.3 is 5.32 Å². The van der Waals surface area contributed by atoms with E-state index in [1.165, 1.54) is 12.0 Å². The van der Waals surface area contributed by atoms with Gasteiger partial charge in [0.2, 0.25) is 5.91 Å². The van der Waals surface area contributed by atoms with E-state index < -0.39 is 0 Å². The Balaban J connectivity index is 2.05. The summed E-state index contributed by atoms with van der Waals surface area (Å²) in [7, 11) is 0. The van der Waals surface area contributed by atoms with Crippen molar-refractivity contribution in [3.05, 3.63) is 39.7 Å². The number of carbonyl (C=O) groups is 1. The molecule has 2 aromatic rings. The molecular weight excluding hydrogens is 292 g/mol. The average molecular weight is 316 g/mol. The highest BCUT2D eigenvalue weighted by Gasteiger charge is 2.14. The van der Waals surface area contributed by atoms with Crippen LogP contribution < -0.4 is 5.32 Å². The summed E-state index contributed by atoms with van der Waals surface area (Å²) >= 11 is 1.61. The number of hydrogen-bond donors (Lipinski definition) is 1. The van der Waals surface area contributed by atoms with Crippen LogP contribution in [0.2, 0.25) is 0 Å². The van der Waals surface area contributed by atoms with E-state index in [-0.39, 0.29) is 5.91 Å². The number of amides is 1. The third-order valence-corrected chi connectivity index (χ3v) is 4.52. The Bertz CT molecular complexity index is 617. The second kappa shape index (κ2) is 8.08. The molecule has 1 aromatic carbocycles. The fraction of sp³-hybridized carbons (Fsp3) is 0.444. The standard InChI is InChI=1S/C18H24N2OS/c1-4-5-6-11-19-17(21)12-16-18(20-14(3)22-16)15-9-7-13(2)8-10-15/h7-10H,4-6,11-12H2,1-3H3,(H,19,21). The highest BCUT2D eigenvalue weighted by atomic mass is 32.1. The molecule has 1 N–H and O–H groups in total. The second-order valence-electron chi connectivity index (χ2n) is 5.60. The molecule has 0 unspecified atom stereocenters. The van der Waals surface area contributed by atoms with Gasteiger partial charge >= 0.3 is 0 Å². The molecule has 0 aliphatic heterocycles. The van der Waals surface area contributed by atoms with Gasteiger partial charge in [0.25, 0.3) is 0 Å². The summed E-state index contributed by atoms with van der Waals surface area (Å²) in [6, 6.07) is 8.32. The van der Waals surface area contributed by atoms with Crippen LogP contribution in [0.15, 0.2) is 24.3 Å². The van der Waals surface area contributed by atoms with E-state index in [4.69, 9.17) is 0 Å². The lowest BCUT2D eigenvalue weighted by Crippen LogP contribution is -2.25. The molecule has 4 heteroatoms. The summed E-state index contributed by atoms with van der Waals surface area (Å²) in [5.41, 5.74) is 3.26. The van der Waals surface area contributed by atoms with Crippen LogP contribution in [0.25, 0.3) is 11.3 Å². The number of aryl methyl sites for hydroxylation is 2. The average Bonchev–Trinajstić information content (AvgIpc) is 2.85. The molecule has 2 rings (SSSR count). The first kappa shape index (κ1) is 16.7. The lowest BCUT2D eigenvalue weighted by atomic mass is 10.1. The maximum Gasteiger partial charge on any atom is 0.225 e. The summed E-state index contributed by atoms with van der Waals surface area (Å²) in [5.74, 6) is 0.0908. The highest BCUT2D eigenvalue weighted by molar-refractivity contribution is 7.12. The summed E-state index contributed by atoms with van der Waals surface area (Å²) in [6.45, 7) is 6.99. The van der Waals surface area contributed by atoms with Crippen LogP contribution in [0.4, 0.5) is 0 Å². The van der Waals surface area contributed by atoms with Crippen molar-refractivity contribution in [3.63, 3.8) is 0 Å². The van der Waals surface area contributed by atoms with Gasteiger partial charge in [0.1, 0.15) is 0 Å². The number of nitrogens with one attached hydrogen (secondary N) is 1. The fourth-order valence-electron chi connectivity index (χ4n) is 2.34. The van der Waals surface area contributed by atoms with Crippen LogP contribution >= 0.6 is 11.3 Å². The van der Waals surface area contributed by atoms with Crippen molar-refractivity contribution in [3.8, 4) is 11.3 Å². The predicted molar refractivity (Wildman–Crippen MR) is 93.3 cm³/mol. The largest absolute Gasteiger partial charge is 0.356 e. The zero-order chi connectivity index (χ0) is 15.9. The lowest BCUT2D eigenvalue weighted by Gasteiger charge is -2.05. The van der Waals surface area contributed by atoms with Crippen LogP contribution in [0.1, 0.15) is 41.6 Å². The molecule has 0 fully saturated rings. The van der Waals surface area contributed by atoms with Crippen molar-refractivity contribution in [2.75, 3.05) is 6.54 Å². The fourth-order valence-corrected chi connectivity index (χ4v) is 3.29. The van der Waals surface area contributed by atoms with E-state index in [9.17, 15) is 4.79 Å². The van der Waals surface area contributed by atoms with E-state index in [1.807, 2.05) is 6.92 Å². The minimum atomic E-state index is 0.0908. The number of nitrogens with zero attached hydrogens (tertiary/aromatic N) is 1. The Morgan fingerprint density at radius 3 is 2.59 bits per heavy atom. The van der Waals surface area contributed by atoms with Crippen molar-refractivity contribution >= 4 is 17.2 Å². The maximum atomic E-state index is 12.1. The topological polar surface area (TPSA) is 42.0 Å². The van der Waals surface area contributed by atoms with Crippen LogP contribution in [0, 0.1) is 13.8 Å². The van der Waals surface area contributed by atoms with Gasteiger partial charge in [-0.1, -0.05) is 49.6 Å². The number of hydrogen-bond acceptors (Lipinski definition) is 3. The minimum Gasteiger partial charge on any atom is -0.356 e. The van der Waals surface area contributed by atoms with Gasteiger partial charge in [-0.2, -0.15) is 0 Å². The number of aromatic nitrogens is 1. The summed E-state index contributed by atoms with van der Waals surface area (Å²) in [6.07, 6.45) is 3.80. The van der Waals surface area contributed by atoms with Gasteiger partial charge in [0, 0.05) is 17.0 Å². The molecule has 0 saturated heterocycles. The molecule has 0 radical (unpaired) electrons. The highest BCUT2D eigenvalue weighted by Crippen LogP contribution is 2.28. The van der Waals surface area contributed by atoms with Crippen LogP contribution in [0.5, 0.6) is 0 Å². The second-order valence-corrected chi connectivity index (χ2v) is 6.89. The Hall–Kier alpha value is -1.68. The van der Waals surface area contributed by atoms with Crippen molar-refractivity contribution in [2.45, 2.75) is 46.5 Å². The molecule has 1 amide bonds. The van der Waals surface area contributed by atoms with Gasteiger partial charge in [0.15, 0.2) is 0 Å². The zero-order valence-electron chi connectivity index (χ0n) is 13.6. The number of unbranched alkanes of at least 4 members (excludes halogenated alkanes) is 2. The van der Waals surface area contributed by atoms with Crippen LogP contribution in [-0.4, -0.2) is 17.4 Å². The molecule has 1 aromatic heterocycles. The molecule has 0 bridgehead atoms. The van der Waals surface area contributed by atoms with Crippen molar-refractivity contribution < 1.29 is 4.79 Å². The number of carbonyl (C=O) groups excluding carboxylic acids is 1. The summed E-state index contributed by atoms with van der Waals surface area (Å²) in [4.78, 5) is 17.8. The summed E-state index contributed by atoms with van der Waals surface area (Å²) < 4.78 is 0. The molecule has 22 heavy (non-hydrogen) atoms. The van der Waals surface area contributed by atoms with E-state index in [1.54, 1.807) is 11.3 Å². The predicted octanol–water partition coefficient (Wildman–Crippen LogP) is 4.28. The molecule has 118 valence electrons. The Morgan fingerprint density at radius 2 is 1.91 bits per heavy atom. The third kappa shape index (κ3) is 4.67. The van der Waals surface area contributed by atoms with Gasteiger partial charge in [0.05, 0.1) is 17.1 Å². The quantitative estimate of drug-likeness (QED) is 0.775. The van der Waals surface area contributed by atoms with Crippen LogP contribution in [-0.2, 0) is 11.2 Å². The SMILES string of the molecule is CCCCCNC(=O)Cc1sc(C)nc1-c1ccc(C)cc1. The molecule has 0 aliphatic carbocycles. The van der Waals surface area contributed by atoms with Crippen molar-refractivity contribution in [2.24, 2.45) is 0 Å². The van der Waals surface area contributed by atoms with Gasteiger partial charge in [-0.25, -0.2) is 4.98 Å². The molecule has 3 nitrogen and oxygen atoms in total. The van der Waals surface area contributed by atoms with Crippen LogP contribution in [0.3, 0.4) is 0 Å². The van der Waals surface area contributed by atoms with Gasteiger partial charge in [-0.05, 0) is 20.3 Å². The maximum absolute atomic E-state index is 12.1. The molecule has 0 spiro atoms. The third-order valence-electron chi connectivity index (χ3n) is 3.55. The molecule has 0 atom stereocenters. The Morgan fingerprint density at radius 1 is 1.18 bits per heavy atom. The lowest BCUT2D eigenvalue weighted by molar-refractivity contribution is -0.120. The molecule has 0 saturated carbocycles.